The van der Waals surface area contributed by atoms with E-state index in [1.54, 1.807) is 0 Å². The van der Waals surface area contributed by atoms with Gasteiger partial charge in [0.1, 0.15) is 11.6 Å². The van der Waals surface area contributed by atoms with Crippen LogP contribution in [0.2, 0.25) is 0 Å². The number of carbonyl (C=O) groups excluding carboxylic acids is 1. The summed E-state index contributed by atoms with van der Waals surface area (Å²) >= 11 is 1.91. The number of nitrogens with one attached hydrogen (secondary N) is 1. The van der Waals surface area contributed by atoms with Crippen molar-refractivity contribution in [1.82, 2.24) is 4.98 Å². The second-order valence-electron chi connectivity index (χ2n) is 11.2. The van der Waals surface area contributed by atoms with Crippen molar-refractivity contribution >= 4 is 35.0 Å². The van der Waals surface area contributed by atoms with Crippen molar-refractivity contribution in [2.45, 2.75) is 74.4 Å². The molecule has 1 aromatic heterocycles. The Morgan fingerprint density at radius 3 is 2.33 bits per heavy atom. The highest BCUT2D eigenvalue weighted by Crippen LogP contribution is 2.54. The summed E-state index contributed by atoms with van der Waals surface area (Å²) in [4.78, 5) is 23.7. The van der Waals surface area contributed by atoms with E-state index in [-0.39, 0.29) is 31.8 Å². The number of alkyl halides is 2. The molecule has 2 aliphatic carbocycles. The van der Waals surface area contributed by atoms with Crippen LogP contribution in [0, 0.1) is 12.3 Å². The van der Waals surface area contributed by atoms with Crippen molar-refractivity contribution in [3.8, 4) is 0 Å². The van der Waals surface area contributed by atoms with Gasteiger partial charge in [0.2, 0.25) is 0 Å². The molecule has 5 nitrogen and oxygen atoms in total. The van der Waals surface area contributed by atoms with Crippen molar-refractivity contribution in [1.29, 1.82) is 0 Å². The molecule has 0 radical (unpaired) electrons. The molecule has 36 heavy (non-hydrogen) atoms. The second kappa shape index (κ2) is 9.19. The van der Waals surface area contributed by atoms with Crippen LogP contribution in [0.15, 0.2) is 35.2 Å². The molecule has 2 saturated carbocycles. The lowest BCUT2D eigenvalue weighted by atomic mass is 9.93. The van der Waals surface area contributed by atoms with Gasteiger partial charge in [-0.05, 0) is 86.8 Å². The van der Waals surface area contributed by atoms with Crippen molar-refractivity contribution < 1.29 is 13.6 Å². The molecule has 2 aromatic rings. The molecule has 1 spiro atoms. The van der Waals surface area contributed by atoms with E-state index in [0.29, 0.717) is 27.9 Å². The van der Waals surface area contributed by atoms with Gasteiger partial charge in [-0.3, -0.25) is 4.79 Å². The Labute approximate surface area is 216 Å². The van der Waals surface area contributed by atoms with Gasteiger partial charge in [-0.15, -0.1) is 11.8 Å². The topological polar surface area (TPSA) is 48.5 Å². The highest BCUT2D eigenvalue weighted by molar-refractivity contribution is 8.00. The van der Waals surface area contributed by atoms with E-state index >= 15 is 0 Å². The summed E-state index contributed by atoms with van der Waals surface area (Å²) in [6, 6.07) is 9.97. The summed E-state index contributed by atoms with van der Waals surface area (Å²) in [7, 11) is 0. The predicted octanol–water partition coefficient (Wildman–Crippen LogP) is 6.51. The molecular weight excluding hydrogens is 478 g/mol. The maximum atomic E-state index is 13.6. The van der Waals surface area contributed by atoms with Gasteiger partial charge >= 0.3 is 0 Å². The highest BCUT2D eigenvalue weighted by atomic mass is 32.2. The summed E-state index contributed by atoms with van der Waals surface area (Å²) in [6.45, 7) is 4.44. The first-order chi connectivity index (χ1) is 17.3. The molecule has 0 atom stereocenters. The molecule has 2 saturated heterocycles. The number of hydrogen-bond acceptors (Lipinski definition) is 5. The quantitative estimate of drug-likeness (QED) is 0.478. The molecule has 2 aliphatic heterocycles. The zero-order valence-corrected chi connectivity index (χ0v) is 21.7. The van der Waals surface area contributed by atoms with E-state index in [1.807, 2.05) is 41.8 Å². The number of aromatic nitrogens is 1. The summed E-state index contributed by atoms with van der Waals surface area (Å²) in [5.41, 5.74) is 3.19. The molecule has 0 unspecified atom stereocenters. The second-order valence-corrected chi connectivity index (χ2v) is 12.5. The monoisotopic (exact) mass is 512 g/mol. The smallest absolute Gasteiger partial charge is 0.258 e. The normalized spacial score (nSPS) is 22.5. The first-order valence-electron chi connectivity index (χ1n) is 13.3. The number of benzene rings is 1. The summed E-state index contributed by atoms with van der Waals surface area (Å²) in [6.07, 6.45) is 7.29. The summed E-state index contributed by atoms with van der Waals surface area (Å²) in [5, 5.41) is 3.72. The standard InChI is InChI=1S/C28H34F2N4OS/c1-19-16-24(31-25(17-19)34-14-10-28(29,30)11-15-34)32-26(35)22-5-4-21(36-20-2-3-20)18-23(22)33-12-8-27(6-7-27)9-13-33/h4-5,16-18,20H,2-3,6-15H2,1H3,(H,31,32,35). The fraction of sp³-hybridized carbons (Fsp3) is 0.571. The molecule has 1 amide bonds. The lowest BCUT2D eigenvalue weighted by molar-refractivity contribution is -0.0221. The molecular formula is C28H34F2N4OS. The minimum absolute atomic E-state index is 0.171. The number of piperidine rings is 2. The Hall–Kier alpha value is -2.35. The molecule has 1 aromatic carbocycles. The molecule has 0 bridgehead atoms. The first kappa shape index (κ1) is 24.0. The van der Waals surface area contributed by atoms with E-state index < -0.39 is 5.92 Å². The van der Waals surface area contributed by atoms with Crippen molar-refractivity contribution in [2.75, 3.05) is 41.3 Å². The SMILES string of the molecule is Cc1cc(NC(=O)c2ccc(SC3CC3)cc2N2CCC3(CC2)CC3)nc(N2CCC(F)(F)CC2)c1. The van der Waals surface area contributed by atoms with Crippen LogP contribution in [-0.4, -0.2) is 48.2 Å². The molecule has 6 rings (SSSR count). The van der Waals surface area contributed by atoms with E-state index in [2.05, 4.69) is 27.3 Å². The summed E-state index contributed by atoms with van der Waals surface area (Å²) < 4.78 is 27.3. The average Bonchev–Trinajstić information content (AvgIpc) is 3.78. The van der Waals surface area contributed by atoms with Gasteiger partial charge in [0.05, 0.1) is 11.3 Å². The van der Waals surface area contributed by atoms with Crippen LogP contribution < -0.4 is 15.1 Å². The maximum Gasteiger partial charge on any atom is 0.258 e. The van der Waals surface area contributed by atoms with E-state index in [4.69, 9.17) is 0 Å². The number of nitrogens with zero attached hydrogens (tertiary/aromatic N) is 3. The third-order valence-electron chi connectivity index (χ3n) is 8.18. The highest BCUT2D eigenvalue weighted by Gasteiger charge is 2.44. The van der Waals surface area contributed by atoms with Crippen molar-refractivity contribution in [3.05, 3.63) is 41.5 Å². The van der Waals surface area contributed by atoms with Gasteiger partial charge < -0.3 is 15.1 Å². The number of amides is 1. The number of halogens is 2. The Kier molecular flexibility index (Phi) is 6.13. The maximum absolute atomic E-state index is 13.6. The van der Waals surface area contributed by atoms with Crippen molar-refractivity contribution in [3.63, 3.8) is 0 Å². The van der Waals surface area contributed by atoms with Gasteiger partial charge in [0, 0.05) is 49.2 Å². The largest absolute Gasteiger partial charge is 0.371 e. The zero-order valence-electron chi connectivity index (χ0n) is 20.9. The average molecular weight is 513 g/mol. The minimum Gasteiger partial charge on any atom is -0.371 e. The Morgan fingerprint density at radius 1 is 0.972 bits per heavy atom. The molecule has 8 heteroatoms. The number of hydrogen-bond donors (Lipinski definition) is 1. The van der Waals surface area contributed by atoms with E-state index in [9.17, 15) is 13.6 Å². The van der Waals surface area contributed by atoms with Crippen LogP contribution in [0.3, 0.4) is 0 Å². The third-order valence-corrected chi connectivity index (χ3v) is 9.51. The van der Waals surface area contributed by atoms with Gasteiger partial charge in [0.15, 0.2) is 0 Å². The fourth-order valence-electron chi connectivity index (χ4n) is 5.44. The van der Waals surface area contributed by atoms with Gasteiger partial charge in [-0.2, -0.15) is 0 Å². The lowest BCUT2D eigenvalue weighted by Gasteiger charge is -2.35. The van der Waals surface area contributed by atoms with Gasteiger partial charge in [-0.25, -0.2) is 13.8 Å². The third kappa shape index (κ3) is 5.34. The Balaban J connectivity index is 1.22. The van der Waals surface area contributed by atoms with E-state index in [1.165, 1.54) is 43.4 Å². The number of aryl methyl sites for hydroxylation is 1. The number of anilines is 3. The van der Waals surface area contributed by atoms with Crippen LogP contribution in [0.25, 0.3) is 0 Å². The lowest BCUT2D eigenvalue weighted by Crippen LogP contribution is -2.39. The molecule has 4 aliphatic rings. The number of pyridine rings is 1. The zero-order chi connectivity index (χ0) is 24.9. The van der Waals surface area contributed by atoms with Crippen LogP contribution in [0.4, 0.5) is 26.1 Å². The Morgan fingerprint density at radius 2 is 1.67 bits per heavy atom. The molecule has 3 heterocycles. The van der Waals surface area contributed by atoms with E-state index in [0.717, 1.165) is 24.3 Å². The van der Waals surface area contributed by atoms with Crippen LogP contribution >= 0.6 is 11.8 Å². The van der Waals surface area contributed by atoms with Crippen LogP contribution in [0.5, 0.6) is 0 Å². The number of thioether (sulfide) groups is 1. The van der Waals surface area contributed by atoms with Crippen molar-refractivity contribution in [2.24, 2.45) is 5.41 Å². The minimum atomic E-state index is -2.61. The van der Waals surface area contributed by atoms with Crippen LogP contribution in [0.1, 0.15) is 67.3 Å². The molecule has 192 valence electrons. The van der Waals surface area contributed by atoms with Gasteiger partial charge in [-0.1, -0.05) is 0 Å². The number of rotatable bonds is 6. The van der Waals surface area contributed by atoms with Crippen LogP contribution in [-0.2, 0) is 0 Å². The predicted molar refractivity (Wildman–Crippen MR) is 142 cm³/mol. The number of carbonyl (C=O) groups is 1. The summed E-state index contributed by atoms with van der Waals surface area (Å²) in [5.74, 6) is -1.67. The van der Waals surface area contributed by atoms with Gasteiger partial charge in [0.25, 0.3) is 11.8 Å². The molecule has 1 N–H and O–H groups in total. The Bertz CT molecular complexity index is 1140. The first-order valence-corrected chi connectivity index (χ1v) is 14.1. The fourth-order valence-corrected chi connectivity index (χ4v) is 6.52. The molecule has 4 fully saturated rings.